The molecule has 0 aromatic rings. The standard InChI is InChI=1S/C11H13NO/c1-3-5-9-12-10(6-4-2)7-8-11(12)13/h1,6,10H,2,5,7-9H2. The summed E-state index contributed by atoms with van der Waals surface area (Å²) in [4.78, 5) is 13.2. The van der Waals surface area contributed by atoms with Crippen LogP contribution in [0.15, 0.2) is 18.4 Å². The molecule has 1 rings (SSSR count). The Morgan fingerprint density at radius 1 is 1.77 bits per heavy atom. The van der Waals surface area contributed by atoms with Crippen molar-refractivity contribution in [2.45, 2.75) is 25.3 Å². The summed E-state index contributed by atoms with van der Waals surface area (Å²) in [5.41, 5.74) is 2.72. The molecule has 1 saturated heterocycles. The van der Waals surface area contributed by atoms with Gasteiger partial charge in [-0.2, -0.15) is 0 Å². The van der Waals surface area contributed by atoms with E-state index in [0.29, 0.717) is 19.4 Å². The molecule has 0 aromatic heterocycles. The summed E-state index contributed by atoms with van der Waals surface area (Å²) in [6.07, 6.45) is 9.08. The molecule has 0 saturated carbocycles. The molecule has 0 aliphatic carbocycles. The smallest absolute Gasteiger partial charge is 0.223 e. The summed E-state index contributed by atoms with van der Waals surface area (Å²) in [6, 6.07) is 0.165. The summed E-state index contributed by atoms with van der Waals surface area (Å²) >= 11 is 0. The van der Waals surface area contributed by atoms with Gasteiger partial charge in [0.15, 0.2) is 0 Å². The Morgan fingerprint density at radius 3 is 3.15 bits per heavy atom. The van der Waals surface area contributed by atoms with Crippen molar-refractivity contribution in [1.82, 2.24) is 4.90 Å². The zero-order chi connectivity index (χ0) is 9.68. The van der Waals surface area contributed by atoms with Gasteiger partial charge in [0.25, 0.3) is 0 Å². The van der Waals surface area contributed by atoms with Gasteiger partial charge in [0.2, 0.25) is 5.91 Å². The lowest BCUT2D eigenvalue weighted by molar-refractivity contribution is -0.128. The molecule has 2 nitrogen and oxygen atoms in total. The molecule has 1 amide bonds. The molecule has 0 aromatic carbocycles. The van der Waals surface area contributed by atoms with Crippen molar-refractivity contribution in [3.63, 3.8) is 0 Å². The number of carbonyl (C=O) groups excluding carboxylic acids is 1. The number of hydrogen-bond donors (Lipinski definition) is 0. The lowest BCUT2D eigenvalue weighted by atomic mass is 10.2. The highest BCUT2D eigenvalue weighted by Crippen LogP contribution is 2.19. The molecular formula is C11H13NO. The van der Waals surface area contributed by atoms with Crippen molar-refractivity contribution in [2.24, 2.45) is 0 Å². The topological polar surface area (TPSA) is 20.3 Å². The quantitative estimate of drug-likeness (QED) is 0.468. The van der Waals surface area contributed by atoms with Crippen LogP contribution >= 0.6 is 0 Å². The van der Waals surface area contributed by atoms with Gasteiger partial charge in [0, 0.05) is 19.4 Å². The second-order valence-corrected chi connectivity index (χ2v) is 3.02. The summed E-state index contributed by atoms with van der Waals surface area (Å²) in [6.45, 7) is 4.16. The first kappa shape index (κ1) is 9.64. The Labute approximate surface area is 78.9 Å². The van der Waals surface area contributed by atoms with Crippen molar-refractivity contribution < 1.29 is 4.79 Å². The summed E-state index contributed by atoms with van der Waals surface area (Å²) in [5.74, 6) is 2.72. The molecule has 2 heteroatoms. The maximum absolute atomic E-state index is 11.4. The number of hydrogen-bond acceptors (Lipinski definition) is 1. The van der Waals surface area contributed by atoms with Gasteiger partial charge in [-0.05, 0) is 12.5 Å². The highest BCUT2D eigenvalue weighted by Gasteiger charge is 2.27. The maximum Gasteiger partial charge on any atom is 0.223 e. The Balaban J connectivity index is 2.60. The van der Waals surface area contributed by atoms with Crippen LogP contribution in [0.3, 0.4) is 0 Å². The van der Waals surface area contributed by atoms with Crippen molar-refractivity contribution in [1.29, 1.82) is 0 Å². The van der Waals surface area contributed by atoms with Crippen molar-refractivity contribution >= 4 is 5.91 Å². The monoisotopic (exact) mass is 175 g/mol. The minimum absolute atomic E-state index is 0.165. The number of carbonyl (C=O) groups is 1. The zero-order valence-corrected chi connectivity index (χ0v) is 7.62. The first-order valence-corrected chi connectivity index (χ1v) is 4.38. The van der Waals surface area contributed by atoms with E-state index in [1.165, 1.54) is 0 Å². The molecule has 1 heterocycles. The molecule has 1 aliphatic heterocycles. The lowest BCUT2D eigenvalue weighted by Crippen LogP contribution is -2.32. The van der Waals surface area contributed by atoms with Crippen LogP contribution in [0.1, 0.15) is 19.3 Å². The highest BCUT2D eigenvalue weighted by molar-refractivity contribution is 5.79. The van der Waals surface area contributed by atoms with Gasteiger partial charge in [-0.25, -0.2) is 0 Å². The second-order valence-electron chi connectivity index (χ2n) is 3.02. The first-order valence-electron chi connectivity index (χ1n) is 4.38. The van der Waals surface area contributed by atoms with Crippen molar-refractivity contribution in [3.05, 3.63) is 18.4 Å². The van der Waals surface area contributed by atoms with Crippen molar-refractivity contribution in [2.75, 3.05) is 6.54 Å². The van der Waals surface area contributed by atoms with Gasteiger partial charge in [-0.1, -0.05) is 6.58 Å². The number of rotatable bonds is 3. The average Bonchev–Trinajstić information content (AvgIpc) is 2.45. The number of nitrogens with zero attached hydrogens (tertiary/aromatic N) is 1. The molecule has 68 valence electrons. The number of terminal acetylenes is 1. The van der Waals surface area contributed by atoms with E-state index in [0.717, 1.165) is 6.42 Å². The highest BCUT2D eigenvalue weighted by atomic mass is 16.2. The third-order valence-electron chi connectivity index (χ3n) is 2.18. The van der Waals surface area contributed by atoms with Crippen LogP contribution in [0.25, 0.3) is 0 Å². The van der Waals surface area contributed by atoms with E-state index in [-0.39, 0.29) is 11.9 Å². The van der Waals surface area contributed by atoms with Gasteiger partial charge in [0.05, 0.1) is 6.04 Å². The predicted octanol–water partition coefficient (Wildman–Crippen LogP) is 1.34. The minimum atomic E-state index is 0.165. The van der Waals surface area contributed by atoms with Crippen LogP contribution in [-0.2, 0) is 4.79 Å². The van der Waals surface area contributed by atoms with E-state index in [1.807, 2.05) is 6.08 Å². The van der Waals surface area contributed by atoms with Crippen LogP contribution in [0.4, 0.5) is 0 Å². The number of likely N-dealkylation sites (tertiary alicyclic amines) is 1. The van der Waals surface area contributed by atoms with E-state index in [2.05, 4.69) is 18.2 Å². The lowest BCUT2D eigenvalue weighted by Gasteiger charge is -2.20. The second kappa shape index (κ2) is 4.54. The maximum atomic E-state index is 11.4. The fourth-order valence-electron chi connectivity index (χ4n) is 1.54. The van der Waals surface area contributed by atoms with Crippen LogP contribution in [0.5, 0.6) is 0 Å². The molecule has 1 unspecified atom stereocenters. The van der Waals surface area contributed by atoms with Crippen molar-refractivity contribution in [3.8, 4) is 12.3 Å². The molecule has 1 fully saturated rings. The summed E-state index contributed by atoms with van der Waals surface area (Å²) < 4.78 is 0. The van der Waals surface area contributed by atoms with Gasteiger partial charge >= 0.3 is 0 Å². The summed E-state index contributed by atoms with van der Waals surface area (Å²) in [7, 11) is 0. The van der Waals surface area contributed by atoms with E-state index in [9.17, 15) is 4.79 Å². The van der Waals surface area contributed by atoms with E-state index in [4.69, 9.17) is 6.42 Å². The molecule has 0 radical (unpaired) electrons. The summed E-state index contributed by atoms with van der Waals surface area (Å²) in [5, 5.41) is 0. The zero-order valence-electron chi connectivity index (χ0n) is 7.62. The van der Waals surface area contributed by atoms with Crippen LogP contribution in [-0.4, -0.2) is 23.4 Å². The average molecular weight is 175 g/mol. The van der Waals surface area contributed by atoms with Crippen LogP contribution in [0.2, 0.25) is 0 Å². The van der Waals surface area contributed by atoms with E-state index >= 15 is 0 Å². The fourth-order valence-corrected chi connectivity index (χ4v) is 1.54. The molecule has 0 bridgehead atoms. The van der Waals surface area contributed by atoms with Gasteiger partial charge in [0.1, 0.15) is 0 Å². The Bertz CT molecular complexity index is 281. The van der Waals surface area contributed by atoms with Crippen LogP contribution in [0, 0.1) is 12.3 Å². The molecule has 13 heavy (non-hydrogen) atoms. The van der Waals surface area contributed by atoms with E-state index < -0.39 is 0 Å². The van der Waals surface area contributed by atoms with Gasteiger partial charge < -0.3 is 4.90 Å². The molecule has 0 N–H and O–H groups in total. The molecule has 1 atom stereocenters. The van der Waals surface area contributed by atoms with E-state index in [1.54, 1.807) is 4.90 Å². The largest absolute Gasteiger partial charge is 0.335 e. The number of amides is 1. The molecular weight excluding hydrogens is 162 g/mol. The third kappa shape index (κ3) is 2.24. The predicted molar refractivity (Wildman–Crippen MR) is 51.9 cm³/mol. The Hall–Kier alpha value is -1.45. The van der Waals surface area contributed by atoms with Gasteiger partial charge in [-0.3, -0.25) is 4.79 Å². The fraction of sp³-hybridized carbons (Fsp3) is 0.455. The van der Waals surface area contributed by atoms with Crippen LogP contribution < -0.4 is 0 Å². The molecule has 0 spiro atoms. The minimum Gasteiger partial charge on any atom is -0.335 e. The third-order valence-corrected chi connectivity index (χ3v) is 2.18. The Morgan fingerprint density at radius 2 is 2.54 bits per heavy atom. The normalized spacial score (nSPS) is 21.0. The molecule has 1 aliphatic rings. The first-order chi connectivity index (χ1) is 6.29. The van der Waals surface area contributed by atoms with Gasteiger partial charge in [-0.15, -0.1) is 18.1 Å². The SMILES string of the molecule is C#CCCN1C(=O)CCC1C=C=C. The Kier molecular flexibility index (Phi) is 3.37.